The lowest BCUT2D eigenvalue weighted by molar-refractivity contribution is 0.255. The molecule has 0 bridgehead atoms. The molecule has 0 saturated heterocycles. The van der Waals surface area contributed by atoms with Gasteiger partial charge in [-0.1, -0.05) is 32.0 Å². The summed E-state index contributed by atoms with van der Waals surface area (Å²) in [6.45, 7) is 6.13. The molecule has 3 nitrogen and oxygen atoms in total. The van der Waals surface area contributed by atoms with Gasteiger partial charge in [0.25, 0.3) is 0 Å². The monoisotopic (exact) mass is 270 g/mol. The second-order valence-corrected chi connectivity index (χ2v) is 5.39. The van der Waals surface area contributed by atoms with E-state index in [1.807, 2.05) is 6.07 Å². The van der Waals surface area contributed by atoms with Crippen molar-refractivity contribution in [2.24, 2.45) is 0 Å². The van der Waals surface area contributed by atoms with Crippen LogP contribution in [0.5, 0.6) is 5.75 Å². The van der Waals surface area contributed by atoms with E-state index in [2.05, 4.69) is 42.8 Å². The molecule has 1 aromatic heterocycles. The summed E-state index contributed by atoms with van der Waals surface area (Å²) in [5.74, 6) is 1.56. The SMILES string of the molecule is CCc1cc(CC)n(CC2CCOc3ccccc32)n1. The van der Waals surface area contributed by atoms with Gasteiger partial charge in [-0.3, -0.25) is 4.68 Å². The van der Waals surface area contributed by atoms with E-state index in [4.69, 9.17) is 9.84 Å². The minimum atomic E-state index is 0.509. The van der Waals surface area contributed by atoms with Crippen LogP contribution in [0, 0.1) is 0 Å². The van der Waals surface area contributed by atoms with E-state index in [0.29, 0.717) is 5.92 Å². The van der Waals surface area contributed by atoms with Crippen molar-refractivity contribution in [3.05, 3.63) is 47.3 Å². The molecule has 0 radical (unpaired) electrons. The highest BCUT2D eigenvalue weighted by atomic mass is 16.5. The molecule has 1 aromatic carbocycles. The molecule has 20 heavy (non-hydrogen) atoms. The third-order valence-electron chi connectivity index (χ3n) is 4.11. The number of nitrogens with zero attached hydrogens (tertiary/aromatic N) is 2. The van der Waals surface area contributed by atoms with E-state index in [-0.39, 0.29) is 0 Å². The van der Waals surface area contributed by atoms with Gasteiger partial charge in [0.1, 0.15) is 5.75 Å². The van der Waals surface area contributed by atoms with Crippen LogP contribution in [0.25, 0.3) is 0 Å². The molecular formula is C17H22N2O. The lowest BCUT2D eigenvalue weighted by atomic mass is 9.93. The first kappa shape index (κ1) is 13.2. The topological polar surface area (TPSA) is 27.1 Å². The standard InChI is InChI=1S/C17H22N2O/c1-3-14-11-15(4-2)19(18-14)12-13-9-10-20-17-8-6-5-7-16(13)17/h5-8,11,13H,3-4,9-10,12H2,1-2H3. The van der Waals surface area contributed by atoms with Crippen LogP contribution in [0.15, 0.2) is 30.3 Å². The molecule has 0 spiro atoms. The Kier molecular flexibility index (Phi) is 3.77. The molecule has 0 N–H and O–H groups in total. The van der Waals surface area contributed by atoms with Crippen molar-refractivity contribution in [1.29, 1.82) is 0 Å². The Labute approximate surface area is 120 Å². The normalized spacial score (nSPS) is 17.6. The Morgan fingerprint density at radius 1 is 1.25 bits per heavy atom. The van der Waals surface area contributed by atoms with Crippen LogP contribution in [0.4, 0.5) is 0 Å². The average Bonchev–Trinajstić information content (AvgIpc) is 2.90. The molecule has 2 aromatic rings. The Hall–Kier alpha value is -1.77. The number of benzene rings is 1. The van der Waals surface area contributed by atoms with E-state index < -0.39 is 0 Å². The fraction of sp³-hybridized carbons (Fsp3) is 0.471. The summed E-state index contributed by atoms with van der Waals surface area (Å²) in [4.78, 5) is 0. The van der Waals surface area contributed by atoms with E-state index >= 15 is 0 Å². The number of hydrogen-bond donors (Lipinski definition) is 0. The third-order valence-corrected chi connectivity index (χ3v) is 4.11. The zero-order valence-corrected chi connectivity index (χ0v) is 12.3. The van der Waals surface area contributed by atoms with Crippen molar-refractivity contribution in [2.45, 2.75) is 45.6 Å². The van der Waals surface area contributed by atoms with Crippen LogP contribution in [-0.4, -0.2) is 16.4 Å². The van der Waals surface area contributed by atoms with Gasteiger partial charge >= 0.3 is 0 Å². The maximum absolute atomic E-state index is 5.74. The molecule has 2 heterocycles. The number of aryl methyl sites for hydroxylation is 2. The van der Waals surface area contributed by atoms with Crippen LogP contribution in [0.1, 0.15) is 43.1 Å². The summed E-state index contributed by atoms with van der Waals surface area (Å²) < 4.78 is 7.94. The van der Waals surface area contributed by atoms with Crippen molar-refractivity contribution in [3.63, 3.8) is 0 Å². The van der Waals surface area contributed by atoms with Crippen molar-refractivity contribution in [3.8, 4) is 5.75 Å². The zero-order chi connectivity index (χ0) is 13.9. The van der Waals surface area contributed by atoms with Gasteiger partial charge in [-0.25, -0.2) is 0 Å². The Morgan fingerprint density at radius 2 is 2.10 bits per heavy atom. The van der Waals surface area contributed by atoms with Crippen LogP contribution >= 0.6 is 0 Å². The molecule has 0 amide bonds. The summed E-state index contributed by atoms with van der Waals surface area (Å²) in [5.41, 5.74) is 3.86. The van der Waals surface area contributed by atoms with Crippen molar-refractivity contribution in [2.75, 3.05) is 6.61 Å². The zero-order valence-electron chi connectivity index (χ0n) is 12.3. The van der Waals surface area contributed by atoms with Crippen molar-refractivity contribution >= 4 is 0 Å². The molecule has 106 valence electrons. The summed E-state index contributed by atoms with van der Waals surface area (Å²) in [6, 6.07) is 10.6. The second-order valence-electron chi connectivity index (χ2n) is 5.39. The van der Waals surface area contributed by atoms with E-state index in [0.717, 1.165) is 38.2 Å². The molecule has 0 saturated carbocycles. The lowest BCUT2D eigenvalue weighted by Gasteiger charge is -2.26. The predicted octanol–water partition coefficient (Wildman–Crippen LogP) is 3.57. The van der Waals surface area contributed by atoms with Gasteiger partial charge in [-0.05, 0) is 37.0 Å². The van der Waals surface area contributed by atoms with Crippen LogP contribution in [0.3, 0.4) is 0 Å². The summed E-state index contributed by atoms with van der Waals surface area (Å²) in [7, 11) is 0. The number of aromatic nitrogens is 2. The maximum Gasteiger partial charge on any atom is 0.122 e. The largest absolute Gasteiger partial charge is 0.493 e. The highest BCUT2D eigenvalue weighted by Gasteiger charge is 2.22. The fourth-order valence-corrected chi connectivity index (χ4v) is 2.94. The van der Waals surface area contributed by atoms with Gasteiger partial charge in [0.15, 0.2) is 0 Å². The van der Waals surface area contributed by atoms with Gasteiger partial charge in [0.2, 0.25) is 0 Å². The van der Waals surface area contributed by atoms with E-state index in [1.54, 1.807) is 0 Å². The molecule has 0 aliphatic carbocycles. The Morgan fingerprint density at radius 3 is 2.90 bits per heavy atom. The van der Waals surface area contributed by atoms with Gasteiger partial charge in [0.05, 0.1) is 12.3 Å². The highest BCUT2D eigenvalue weighted by Crippen LogP contribution is 2.34. The molecule has 3 heteroatoms. The smallest absolute Gasteiger partial charge is 0.122 e. The van der Waals surface area contributed by atoms with Gasteiger partial charge in [-0.15, -0.1) is 0 Å². The van der Waals surface area contributed by atoms with Crippen LogP contribution < -0.4 is 4.74 Å². The minimum absolute atomic E-state index is 0.509. The fourth-order valence-electron chi connectivity index (χ4n) is 2.94. The van der Waals surface area contributed by atoms with E-state index in [1.165, 1.54) is 17.0 Å². The lowest BCUT2D eigenvalue weighted by Crippen LogP contribution is -2.20. The predicted molar refractivity (Wildman–Crippen MR) is 80.3 cm³/mol. The molecule has 1 atom stereocenters. The summed E-state index contributed by atoms with van der Waals surface area (Å²) >= 11 is 0. The maximum atomic E-state index is 5.74. The second kappa shape index (κ2) is 5.70. The number of ether oxygens (including phenoxy) is 1. The van der Waals surface area contributed by atoms with E-state index in [9.17, 15) is 0 Å². The minimum Gasteiger partial charge on any atom is -0.493 e. The Bertz CT molecular complexity index is 588. The third kappa shape index (κ3) is 2.45. The molecule has 1 aliphatic heterocycles. The van der Waals surface area contributed by atoms with Gasteiger partial charge in [0, 0.05) is 18.2 Å². The number of hydrogen-bond acceptors (Lipinski definition) is 2. The average molecular weight is 270 g/mol. The number of rotatable bonds is 4. The first-order valence-electron chi connectivity index (χ1n) is 7.59. The molecular weight excluding hydrogens is 248 g/mol. The first-order chi connectivity index (χ1) is 9.81. The van der Waals surface area contributed by atoms with Gasteiger partial charge < -0.3 is 4.74 Å². The van der Waals surface area contributed by atoms with Crippen LogP contribution in [-0.2, 0) is 19.4 Å². The molecule has 1 unspecified atom stereocenters. The molecule has 0 fully saturated rings. The van der Waals surface area contributed by atoms with Crippen molar-refractivity contribution < 1.29 is 4.74 Å². The first-order valence-corrected chi connectivity index (χ1v) is 7.59. The molecule has 3 rings (SSSR count). The van der Waals surface area contributed by atoms with Gasteiger partial charge in [-0.2, -0.15) is 5.10 Å². The van der Waals surface area contributed by atoms with Crippen molar-refractivity contribution in [1.82, 2.24) is 9.78 Å². The molecule has 1 aliphatic rings. The highest BCUT2D eigenvalue weighted by molar-refractivity contribution is 5.37. The summed E-state index contributed by atoms with van der Waals surface area (Å²) in [5, 5.41) is 4.74. The number of fused-ring (bicyclic) bond motifs is 1. The quantitative estimate of drug-likeness (QED) is 0.849. The number of para-hydroxylation sites is 1. The van der Waals surface area contributed by atoms with Crippen LogP contribution in [0.2, 0.25) is 0 Å². The Balaban J connectivity index is 1.87. The summed E-state index contributed by atoms with van der Waals surface area (Å²) in [6.07, 6.45) is 3.11.